The molecule has 1 aromatic rings. The van der Waals surface area contributed by atoms with Gasteiger partial charge in [-0.1, -0.05) is 0 Å². The maximum Gasteiger partial charge on any atom is 0.137 e. The minimum atomic E-state index is -0.231. The van der Waals surface area contributed by atoms with Crippen LogP contribution in [0.3, 0.4) is 0 Å². The Morgan fingerprint density at radius 3 is 2.77 bits per heavy atom. The predicted molar refractivity (Wildman–Crippen MR) is 54.2 cm³/mol. The van der Waals surface area contributed by atoms with Crippen molar-refractivity contribution < 1.29 is 9.50 Å². The summed E-state index contributed by atoms with van der Waals surface area (Å²) < 4.78 is 13.5. The highest BCUT2D eigenvalue weighted by Gasteiger charge is 2.04. The fraction of sp³-hybridized carbons (Fsp3) is 0.400. The monoisotopic (exact) mass is 246 g/mol. The zero-order chi connectivity index (χ0) is 9.84. The van der Waals surface area contributed by atoms with E-state index in [2.05, 4.69) is 15.9 Å². The molecule has 0 heterocycles. The van der Waals surface area contributed by atoms with Gasteiger partial charge in [0, 0.05) is 6.61 Å². The molecule has 0 saturated heterocycles. The Kier molecular flexibility index (Phi) is 3.88. The van der Waals surface area contributed by atoms with Crippen molar-refractivity contribution in [2.75, 3.05) is 6.61 Å². The van der Waals surface area contributed by atoms with Gasteiger partial charge in [0.1, 0.15) is 5.82 Å². The van der Waals surface area contributed by atoms with E-state index in [1.54, 1.807) is 6.07 Å². The summed E-state index contributed by atoms with van der Waals surface area (Å²) in [5, 5.41) is 8.66. The lowest BCUT2D eigenvalue weighted by Crippen LogP contribution is -1.94. The van der Waals surface area contributed by atoms with E-state index in [0.29, 0.717) is 4.47 Å². The summed E-state index contributed by atoms with van der Waals surface area (Å²) in [7, 11) is 0. The van der Waals surface area contributed by atoms with Crippen LogP contribution in [0.25, 0.3) is 0 Å². The average molecular weight is 247 g/mol. The number of aliphatic hydroxyl groups excluding tert-OH is 1. The zero-order valence-electron chi connectivity index (χ0n) is 7.48. The van der Waals surface area contributed by atoms with Crippen molar-refractivity contribution >= 4 is 15.9 Å². The molecule has 0 saturated carbocycles. The van der Waals surface area contributed by atoms with Crippen LogP contribution < -0.4 is 0 Å². The van der Waals surface area contributed by atoms with Gasteiger partial charge in [-0.15, -0.1) is 0 Å². The first-order chi connectivity index (χ1) is 6.15. The van der Waals surface area contributed by atoms with E-state index >= 15 is 0 Å². The third-order valence-electron chi connectivity index (χ3n) is 1.98. The van der Waals surface area contributed by atoms with Crippen molar-refractivity contribution in [2.24, 2.45) is 0 Å². The molecule has 0 aliphatic carbocycles. The Morgan fingerprint density at radius 2 is 2.15 bits per heavy atom. The van der Waals surface area contributed by atoms with E-state index in [1.807, 2.05) is 6.92 Å². The molecule has 0 unspecified atom stereocenters. The Labute approximate surface area is 85.7 Å². The SMILES string of the molecule is Cc1cc(F)c(Br)cc1CCCO. The zero-order valence-corrected chi connectivity index (χ0v) is 9.07. The normalized spacial score (nSPS) is 10.5. The molecule has 0 aromatic heterocycles. The topological polar surface area (TPSA) is 20.2 Å². The van der Waals surface area contributed by atoms with Gasteiger partial charge >= 0.3 is 0 Å². The van der Waals surface area contributed by atoms with Gasteiger partial charge in [-0.25, -0.2) is 4.39 Å². The van der Waals surface area contributed by atoms with Gasteiger partial charge in [0.2, 0.25) is 0 Å². The van der Waals surface area contributed by atoms with Crippen LogP contribution in [0.5, 0.6) is 0 Å². The Hall–Kier alpha value is -0.410. The molecule has 0 bridgehead atoms. The van der Waals surface area contributed by atoms with Gasteiger partial charge in [0.25, 0.3) is 0 Å². The molecule has 13 heavy (non-hydrogen) atoms. The standard InChI is InChI=1S/C10H12BrFO/c1-7-5-10(12)9(11)6-8(7)3-2-4-13/h5-6,13H,2-4H2,1H3. The molecule has 72 valence electrons. The lowest BCUT2D eigenvalue weighted by molar-refractivity contribution is 0.288. The maximum absolute atomic E-state index is 13.0. The largest absolute Gasteiger partial charge is 0.396 e. The molecular formula is C10H12BrFO. The number of aliphatic hydroxyl groups is 1. The van der Waals surface area contributed by atoms with Crippen LogP contribution in [0.4, 0.5) is 4.39 Å². The summed E-state index contributed by atoms with van der Waals surface area (Å²) in [5.74, 6) is -0.231. The summed E-state index contributed by atoms with van der Waals surface area (Å²) >= 11 is 3.13. The van der Waals surface area contributed by atoms with Crippen LogP contribution in [-0.4, -0.2) is 11.7 Å². The molecular weight excluding hydrogens is 235 g/mol. The second-order valence-corrected chi connectivity index (χ2v) is 3.87. The third kappa shape index (κ3) is 2.78. The number of halogens is 2. The second kappa shape index (κ2) is 4.72. The van der Waals surface area contributed by atoms with Crippen molar-refractivity contribution in [3.63, 3.8) is 0 Å². The van der Waals surface area contributed by atoms with Crippen LogP contribution in [0, 0.1) is 12.7 Å². The number of hydrogen-bond acceptors (Lipinski definition) is 1. The lowest BCUT2D eigenvalue weighted by Gasteiger charge is -2.06. The minimum absolute atomic E-state index is 0.175. The highest BCUT2D eigenvalue weighted by Crippen LogP contribution is 2.21. The first kappa shape index (κ1) is 10.7. The van der Waals surface area contributed by atoms with Crippen LogP contribution >= 0.6 is 15.9 Å². The summed E-state index contributed by atoms with van der Waals surface area (Å²) in [5.41, 5.74) is 2.02. The molecule has 0 aliphatic rings. The van der Waals surface area contributed by atoms with Crippen LogP contribution in [0.1, 0.15) is 17.5 Å². The minimum Gasteiger partial charge on any atom is -0.396 e. The summed E-state index contributed by atoms with van der Waals surface area (Å²) in [4.78, 5) is 0. The maximum atomic E-state index is 13.0. The van der Waals surface area contributed by atoms with Gasteiger partial charge in [-0.05, 0) is 59.0 Å². The van der Waals surface area contributed by atoms with Gasteiger partial charge in [-0.2, -0.15) is 0 Å². The van der Waals surface area contributed by atoms with E-state index in [9.17, 15) is 4.39 Å². The molecule has 3 heteroatoms. The highest BCUT2D eigenvalue weighted by molar-refractivity contribution is 9.10. The number of aryl methyl sites for hydroxylation is 2. The van der Waals surface area contributed by atoms with Gasteiger partial charge in [0.05, 0.1) is 4.47 Å². The molecule has 1 N–H and O–H groups in total. The number of hydrogen-bond donors (Lipinski definition) is 1. The van der Waals surface area contributed by atoms with Crippen molar-refractivity contribution in [1.29, 1.82) is 0 Å². The van der Waals surface area contributed by atoms with Gasteiger partial charge < -0.3 is 5.11 Å². The lowest BCUT2D eigenvalue weighted by atomic mass is 10.0. The quantitative estimate of drug-likeness (QED) is 0.870. The van der Waals surface area contributed by atoms with Crippen LogP contribution in [0.15, 0.2) is 16.6 Å². The van der Waals surface area contributed by atoms with Gasteiger partial charge in [-0.3, -0.25) is 0 Å². The molecule has 0 radical (unpaired) electrons. The number of rotatable bonds is 3. The first-order valence-corrected chi connectivity index (χ1v) is 5.00. The fourth-order valence-corrected chi connectivity index (χ4v) is 1.62. The Bertz CT molecular complexity index is 299. The smallest absolute Gasteiger partial charge is 0.137 e. The summed E-state index contributed by atoms with van der Waals surface area (Å²) in [6.45, 7) is 2.05. The molecule has 1 rings (SSSR count). The Morgan fingerprint density at radius 1 is 1.46 bits per heavy atom. The molecule has 1 nitrogen and oxygen atoms in total. The van der Waals surface area contributed by atoms with Crippen molar-refractivity contribution in [3.05, 3.63) is 33.5 Å². The number of benzene rings is 1. The molecule has 0 fully saturated rings. The van der Waals surface area contributed by atoms with E-state index in [4.69, 9.17) is 5.11 Å². The molecule has 0 spiro atoms. The van der Waals surface area contributed by atoms with Gasteiger partial charge in [0.15, 0.2) is 0 Å². The first-order valence-electron chi connectivity index (χ1n) is 4.20. The molecule has 0 atom stereocenters. The summed E-state index contributed by atoms with van der Waals surface area (Å²) in [6, 6.07) is 3.29. The van der Waals surface area contributed by atoms with Crippen molar-refractivity contribution in [1.82, 2.24) is 0 Å². The van der Waals surface area contributed by atoms with E-state index in [1.165, 1.54) is 6.07 Å². The van der Waals surface area contributed by atoms with Crippen LogP contribution in [0.2, 0.25) is 0 Å². The van der Waals surface area contributed by atoms with Crippen molar-refractivity contribution in [2.45, 2.75) is 19.8 Å². The van der Waals surface area contributed by atoms with Crippen molar-refractivity contribution in [3.8, 4) is 0 Å². The molecule has 1 aromatic carbocycles. The summed E-state index contributed by atoms with van der Waals surface area (Å²) in [6.07, 6.45) is 1.51. The second-order valence-electron chi connectivity index (χ2n) is 3.02. The van der Waals surface area contributed by atoms with E-state index in [-0.39, 0.29) is 12.4 Å². The fourth-order valence-electron chi connectivity index (χ4n) is 1.23. The van der Waals surface area contributed by atoms with E-state index in [0.717, 1.165) is 24.0 Å². The molecule has 0 amide bonds. The van der Waals surface area contributed by atoms with E-state index < -0.39 is 0 Å². The third-order valence-corrected chi connectivity index (χ3v) is 2.59. The van der Waals surface area contributed by atoms with Crippen LogP contribution in [-0.2, 0) is 6.42 Å². The molecule has 0 aliphatic heterocycles. The predicted octanol–water partition coefficient (Wildman–Crippen LogP) is 2.82. The highest BCUT2D eigenvalue weighted by atomic mass is 79.9. The average Bonchev–Trinajstić information content (AvgIpc) is 2.09. The Balaban J connectivity index is 2.88.